The molecule has 6 nitrogen and oxygen atoms in total. The maximum absolute atomic E-state index is 12.0. The summed E-state index contributed by atoms with van der Waals surface area (Å²) in [6.07, 6.45) is 1.65. The molecule has 2 aromatic rings. The van der Waals surface area contributed by atoms with Gasteiger partial charge >= 0.3 is 5.97 Å². The third-order valence-corrected chi connectivity index (χ3v) is 5.57. The van der Waals surface area contributed by atoms with Crippen LogP contribution in [0.4, 0.5) is 0 Å². The Bertz CT molecular complexity index is 973. The van der Waals surface area contributed by atoms with Crippen LogP contribution in [0.25, 0.3) is 16.8 Å². The minimum absolute atomic E-state index is 0.297. The number of nitrogens with one attached hydrogen (secondary N) is 1. The third kappa shape index (κ3) is 3.69. The van der Waals surface area contributed by atoms with Crippen molar-refractivity contribution in [2.24, 2.45) is 0 Å². The fourth-order valence-electron chi connectivity index (χ4n) is 2.48. The summed E-state index contributed by atoms with van der Waals surface area (Å²) in [5.74, 6) is -0.373. The number of carboxylic acid groups (broad SMARTS) is 1. The molecule has 2 N–H and O–H groups in total. The predicted molar refractivity (Wildman–Crippen MR) is 108 cm³/mol. The lowest BCUT2D eigenvalue weighted by molar-refractivity contribution is -0.139. The van der Waals surface area contributed by atoms with Crippen LogP contribution in [-0.2, 0) is 9.59 Å². The summed E-state index contributed by atoms with van der Waals surface area (Å²) in [6.45, 7) is -0.489. The fourth-order valence-corrected chi connectivity index (χ4v) is 4.14. The molecule has 0 radical (unpaired) electrons. The largest absolute Gasteiger partial charge is 0.496 e. The van der Waals surface area contributed by atoms with Crippen LogP contribution in [0.3, 0.4) is 0 Å². The van der Waals surface area contributed by atoms with Gasteiger partial charge in [0.05, 0.1) is 16.5 Å². The molecule has 0 atom stereocenters. The molecule has 0 aromatic heterocycles. The van der Waals surface area contributed by atoms with Gasteiger partial charge in [0.25, 0.3) is 5.91 Å². The van der Waals surface area contributed by atoms with Crippen LogP contribution in [0.5, 0.6) is 11.5 Å². The highest BCUT2D eigenvalue weighted by molar-refractivity contribution is 9.10. The van der Waals surface area contributed by atoms with Gasteiger partial charge in [-0.25, -0.2) is 4.79 Å². The summed E-state index contributed by atoms with van der Waals surface area (Å²) >= 11 is 9.67. The first-order valence-electron chi connectivity index (χ1n) is 7.29. The van der Waals surface area contributed by atoms with E-state index in [1.807, 2.05) is 6.07 Å². The molecule has 1 aliphatic rings. The highest BCUT2D eigenvalue weighted by Crippen LogP contribution is 2.39. The molecule has 0 aliphatic carbocycles. The maximum atomic E-state index is 12.0. The van der Waals surface area contributed by atoms with Gasteiger partial charge in [-0.3, -0.25) is 4.79 Å². The summed E-state index contributed by atoms with van der Waals surface area (Å²) in [6, 6.07) is 7.07. The van der Waals surface area contributed by atoms with Crippen molar-refractivity contribution < 1.29 is 24.2 Å². The fraction of sp³-hybridized carbons (Fsp3) is 0.118. The number of carbonyl (C=O) groups excluding carboxylic acids is 1. The van der Waals surface area contributed by atoms with E-state index in [1.165, 1.54) is 0 Å². The van der Waals surface area contributed by atoms with Gasteiger partial charge in [0.15, 0.2) is 6.61 Å². The Labute approximate surface area is 166 Å². The van der Waals surface area contributed by atoms with Crippen molar-refractivity contribution in [3.05, 3.63) is 39.2 Å². The van der Waals surface area contributed by atoms with Crippen molar-refractivity contribution in [3.63, 3.8) is 0 Å². The molecule has 1 saturated heterocycles. The Hall–Kier alpha value is -2.10. The zero-order valence-electron chi connectivity index (χ0n) is 13.4. The number of ether oxygens (including phenoxy) is 2. The number of hydrogen-bond acceptors (Lipinski definition) is 6. The van der Waals surface area contributed by atoms with E-state index in [1.54, 1.807) is 31.4 Å². The molecule has 1 fully saturated rings. The number of thiocarbonyl (C=S) groups is 1. The van der Waals surface area contributed by atoms with Gasteiger partial charge in [0.1, 0.15) is 15.8 Å². The summed E-state index contributed by atoms with van der Waals surface area (Å²) in [5, 5.41) is 13.1. The zero-order chi connectivity index (χ0) is 18.8. The Balaban J connectivity index is 2.20. The normalized spacial score (nSPS) is 15.4. The predicted octanol–water partition coefficient (Wildman–Crippen LogP) is 3.56. The summed E-state index contributed by atoms with van der Waals surface area (Å²) in [4.78, 5) is 23.3. The SMILES string of the molecule is COc1ccc2c(C=C3SC(=S)NC3=O)c(OCC(=O)O)ccc2c1Br. The second-order valence-electron chi connectivity index (χ2n) is 5.19. The van der Waals surface area contributed by atoms with E-state index < -0.39 is 12.6 Å². The number of amides is 1. The Morgan fingerprint density at radius 2 is 2.00 bits per heavy atom. The molecule has 2 aromatic carbocycles. The number of thioether (sulfide) groups is 1. The molecule has 0 saturated carbocycles. The lowest BCUT2D eigenvalue weighted by atomic mass is 10.0. The monoisotopic (exact) mass is 453 g/mol. The Morgan fingerprint density at radius 1 is 1.31 bits per heavy atom. The number of aliphatic carboxylic acids is 1. The van der Waals surface area contributed by atoms with Crippen LogP contribution in [0, 0.1) is 0 Å². The van der Waals surface area contributed by atoms with Crippen molar-refractivity contribution in [1.82, 2.24) is 5.32 Å². The molecule has 0 spiro atoms. The average Bonchev–Trinajstić information content (AvgIpc) is 2.91. The lowest BCUT2D eigenvalue weighted by Crippen LogP contribution is -2.17. The van der Waals surface area contributed by atoms with Crippen molar-refractivity contribution in [2.45, 2.75) is 0 Å². The molecular formula is C17H12BrNO5S2. The topological polar surface area (TPSA) is 84.9 Å². The van der Waals surface area contributed by atoms with Gasteiger partial charge in [0, 0.05) is 10.9 Å². The van der Waals surface area contributed by atoms with Crippen molar-refractivity contribution in [2.75, 3.05) is 13.7 Å². The minimum Gasteiger partial charge on any atom is -0.496 e. The lowest BCUT2D eigenvalue weighted by Gasteiger charge is -2.13. The number of benzene rings is 2. The van der Waals surface area contributed by atoms with E-state index in [2.05, 4.69) is 21.2 Å². The summed E-state index contributed by atoms with van der Waals surface area (Å²) < 4.78 is 11.8. The van der Waals surface area contributed by atoms with E-state index in [4.69, 9.17) is 26.8 Å². The quantitative estimate of drug-likeness (QED) is 0.528. The molecule has 9 heteroatoms. The molecule has 134 valence electrons. The van der Waals surface area contributed by atoms with E-state index in [0.29, 0.717) is 26.3 Å². The standard InChI is InChI=1S/C17H12BrNO5S2/c1-23-12-5-2-8-9(15(12)18)3-4-11(24-7-14(20)21)10(8)6-13-16(22)19-17(25)26-13/h2-6H,7H2,1H3,(H,20,21)(H,19,22,25). The van der Waals surface area contributed by atoms with Crippen LogP contribution >= 0.6 is 39.9 Å². The molecule has 1 heterocycles. The van der Waals surface area contributed by atoms with Gasteiger partial charge in [-0.05, 0) is 51.7 Å². The highest BCUT2D eigenvalue weighted by Gasteiger charge is 2.23. The number of rotatable bonds is 5. The van der Waals surface area contributed by atoms with E-state index >= 15 is 0 Å². The van der Waals surface area contributed by atoms with Crippen LogP contribution in [0.15, 0.2) is 33.6 Å². The van der Waals surface area contributed by atoms with Gasteiger partial charge < -0.3 is 19.9 Å². The first-order chi connectivity index (χ1) is 12.4. The Kier molecular flexibility index (Phi) is 5.49. The van der Waals surface area contributed by atoms with Gasteiger partial charge in [0.2, 0.25) is 0 Å². The average molecular weight is 454 g/mol. The van der Waals surface area contributed by atoms with Crippen molar-refractivity contribution in [3.8, 4) is 11.5 Å². The van der Waals surface area contributed by atoms with Gasteiger partial charge in [-0.1, -0.05) is 24.0 Å². The molecule has 1 aliphatic heterocycles. The molecule has 0 bridgehead atoms. The van der Waals surface area contributed by atoms with E-state index in [0.717, 1.165) is 27.0 Å². The molecule has 3 rings (SSSR count). The summed E-state index contributed by atoms with van der Waals surface area (Å²) in [5.41, 5.74) is 0.592. The molecule has 26 heavy (non-hydrogen) atoms. The Morgan fingerprint density at radius 3 is 2.62 bits per heavy atom. The van der Waals surface area contributed by atoms with Crippen molar-refractivity contribution >= 4 is 73.0 Å². The second-order valence-corrected chi connectivity index (χ2v) is 7.70. The maximum Gasteiger partial charge on any atom is 0.341 e. The first kappa shape index (κ1) is 18.7. The molecular weight excluding hydrogens is 442 g/mol. The highest BCUT2D eigenvalue weighted by atomic mass is 79.9. The molecule has 0 unspecified atom stereocenters. The van der Waals surface area contributed by atoms with Crippen LogP contribution in [0.2, 0.25) is 0 Å². The van der Waals surface area contributed by atoms with E-state index in [9.17, 15) is 9.59 Å². The van der Waals surface area contributed by atoms with Crippen molar-refractivity contribution in [1.29, 1.82) is 0 Å². The number of halogens is 1. The third-order valence-electron chi connectivity index (χ3n) is 3.59. The number of methoxy groups -OCH3 is 1. The van der Waals surface area contributed by atoms with Crippen LogP contribution < -0.4 is 14.8 Å². The number of hydrogen-bond donors (Lipinski definition) is 2. The first-order valence-corrected chi connectivity index (χ1v) is 9.31. The minimum atomic E-state index is -1.09. The summed E-state index contributed by atoms with van der Waals surface area (Å²) in [7, 11) is 1.57. The molecule has 1 amide bonds. The van der Waals surface area contributed by atoms with Crippen LogP contribution in [-0.4, -0.2) is 35.0 Å². The van der Waals surface area contributed by atoms with Crippen LogP contribution in [0.1, 0.15) is 5.56 Å². The zero-order valence-corrected chi connectivity index (χ0v) is 16.6. The smallest absolute Gasteiger partial charge is 0.341 e. The van der Waals surface area contributed by atoms with Gasteiger partial charge in [-0.15, -0.1) is 0 Å². The number of carboxylic acids is 1. The second kappa shape index (κ2) is 7.65. The number of carbonyl (C=O) groups is 2. The number of fused-ring (bicyclic) bond motifs is 1. The van der Waals surface area contributed by atoms with Gasteiger partial charge in [-0.2, -0.15) is 0 Å². The van der Waals surface area contributed by atoms with E-state index in [-0.39, 0.29) is 5.91 Å².